The quantitative estimate of drug-likeness (QED) is 0.769. The lowest BCUT2D eigenvalue weighted by Gasteiger charge is -2.04. The molecule has 0 aliphatic heterocycles. The number of hydrogen-bond donors (Lipinski definition) is 1. The number of benzene rings is 1. The van der Waals surface area contributed by atoms with Crippen LogP contribution in [0.25, 0.3) is 5.65 Å². The maximum Gasteiger partial charge on any atom is 0.137 e. The van der Waals surface area contributed by atoms with Crippen molar-refractivity contribution in [1.82, 2.24) is 9.38 Å². The van der Waals surface area contributed by atoms with E-state index in [0.29, 0.717) is 0 Å². The van der Waals surface area contributed by atoms with E-state index in [-0.39, 0.29) is 0 Å². The molecule has 3 rings (SSSR count). The number of pyridine rings is 1. The summed E-state index contributed by atoms with van der Waals surface area (Å²) >= 11 is 0. The average molecular weight is 251 g/mol. The van der Waals surface area contributed by atoms with Gasteiger partial charge in [0.15, 0.2) is 0 Å². The van der Waals surface area contributed by atoms with E-state index in [0.717, 1.165) is 30.0 Å². The number of rotatable bonds is 4. The van der Waals surface area contributed by atoms with Crippen molar-refractivity contribution in [3.8, 4) is 0 Å². The fourth-order valence-corrected chi connectivity index (χ4v) is 2.12. The van der Waals surface area contributed by atoms with Crippen LogP contribution in [0.5, 0.6) is 0 Å². The lowest BCUT2D eigenvalue weighted by molar-refractivity contribution is 1.07. The Bertz CT molecular complexity index is 635. The third-order valence-electron chi connectivity index (χ3n) is 3.25. The molecule has 0 fully saturated rings. The number of imidazole rings is 1. The highest BCUT2D eigenvalue weighted by Crippen LogP contribution is 2.12. The van der Waals surface area contributed by atoms with Crippen LogP contribution in [0.1, 0.15) is 18.2 Å². The Morgan fingerprint density at radius 3 is 2.68 bits per heavy atom. The molecule has 0 amide bonds. The molecule has 96 valence electrons. The van der Waals surface area contributed by atoms with Crippen molar-refractivity contribution in [2.75, 3.05) is 5.32 Å². The molecule has 0 aliphatic rings. The molecule has 0 spiro atoms. The first-order valence-corrected chi connectivity index (χ1v) is 6.60. The zero-order valence-electron chi connectivity index (χ0n) is 11.0. The molecular weight excluding hydrogens is 234 g/mol. The van der Waals surface area contributed by atoms with Crippen LogP contribution >= 0.6 is 0 Å². The molecule has 0 saturated heterocycles. The maximum absolute atomic E-state index is 4.56. The third kappa shape index (κ3) is 2.60. The molecule has 3 heteroatoms. The molecule has 0 aliphatic carbocycles. The normalized spacial score (nSPS) is 10.8. The summed E-state index contributed by atoms with van der Waals surface area (Å²) in [7, 11) is 0. The fraction of sp³-hybridized carbons (Fsp3) is 0.188. The van der Waals surface area contributed by atoms with Gasteiger partial charge < -0.3 is 9.72 Å². The summed E-state index contributed by atoms with van der Waals surface area (Å²) in [5.74, 6) is 0. The average Bonchev–Trinajstić information content (AvgIpc) is 2.88. The van der Waals surface area contributed by atoms with Crippen LogP contribution in [0.15, 0.2) is 54.9 Å². The third-order valence-corrected chi connectivity index (χ3v) is 3.25. The zero-order chi connectivity index (χ0) is 13.1. The summed E-state index contributed by atoms with van der Waals surface area (Å²) in [4.78, 5) is 4.56. The fourth-order valence-electron chi connectivity index (χ4n) is 2.12. The Kier molecular flexibility index (Phi) is 3.19. The highest BCUT2D eigenvalue weighted by molar-refractivity contribution is 5.46. The van der Waals surface area contributed by atoms with Gasteiger partial charge in [0.1, 0.15) is 5.65 Å². The summed E-state index contributed by atoms with van der Waals surface area (Å²) < 4.78 is 2.04. The van der Waals surface area contributed by atoms with Gasteiger partial charge in [0.2, 0.25) is 0 Å². The Morgan fingerprint density at radius 1 is 1.11 bits per heavy atom. The number of aryl methyl sites for hydroxylation is 1. The Hall–Kier alpha value is -2.29. The van der Waals surface area contributed by atoms with Gasteiger partial charge >= 0.3 is 0 Å². The molecule has 0 unspecified atom stereocenters. The summed E-state index contributed by atoms with van der Waals surface area (Å²) in [5.41, 5.74) is 4.53. The van der Waals surface area contributed by atoms with Crippen LogP contribution in [0, 0.1) is 0 Å². The van der Waals surface area contributed by atoms with Gasteiger partial charge in [-0.15, -0.1) is 0 Å². The van der Waals surface area contributed by atoms with E-state index in [1.165, 1.54) is 5.56 Å². The molecule has 1 N–H and O–H groups in total. The van der Waals surface area contributed by atoms with Crippen molar-refractivity contribution in [1.29, 1.82) is 0 Å². The van der Waals surface area contributed by atoms with Crippen LogP contribution in [0.2, 0.25) is 0 Å². The van der Waals surface area contributed by atoms with Crippen LogP contribution in [-0.4, -0.2) is 9.38 Å². The van der Waals surface area contributed by atoms with Crippen molar-refractivity contribution in [3.63, 3.8) is 0 Å². The molecule has 2 heterocycles. The van der Waals surface area contributed by atoms with Gasteiger partial charge in [-0.25, -0.2) is 4.98 Å². The molecule has 19 heavy (non-hydrogen) atoms. The van der Waals surface area contributed by atoms with E-state index < -0.39 is 0 Å². The topological polar surface area (TPSA) is 29.3 Å². The highest BCUT2D eigenvalue weighted by Gasteiger charge is 2.00. The van der Waals surface area contributed by atoms with Crippen molar-refractivity contribution >= 4 is 11.3 Å². The molecule has 0 saturated carbocycles. The molecule has 1 aromatic carbocycles. The Labute approximate surface area is 112 Å². The lowest BCUT2D eigenvalue weighted by Crippen LogP contribution is -1.99. The molecular formula is C16H17N3. The second-order valence-corrected chi connectivity index (χ2v) is 4.60. The summed E-state index contributed by atoms with van der Waals surface area (Å²) in [6.07, 6.45) is 5.15. The smallest absolute Gasteiger partial charge is 0.137 e. The Balaban J connectivity index is 1.70. The summed E-state index contributed by atoms with van der Waals surface area (Å²) in [5, 5.41) is 3.40. The predicted molar refractivity (Wildman–Crippen MR) is 78.3 cm³/mol. The van der Waals surface area contributed by atoms with Crippen LogP contribution in [0.4, 0.5) is 5.69 Å². The first kappa shape index (κ1) is 11.8. The van der Waals surface area contributed by atoms with E-state index in [1.807, 2.05) is 28.8 Å². The SMILES string of the molecule is CCc1ccc(NCc2cn3ccccc3n2)cc1. The monoisotopic (exact) mass is 251 g/mol. The van der Waals surface area contributed by atoms with Gasteiger partial charge in [0.05, 0.1) is 12.2 Å². The van der Waals surface area contributed by atoms with E-state index in [9.17, 15) is 0 Å². The van der Waals surface area contributed by atoms with Crippen molar-refractivity contribution in [2.45, 2.75) is 19.9 Å². The minimum atomic E-state index is 0.743. The summed E-state index contributed by atoms with van der Waals surface area (Å²) in [6, 6.07) is 14.6. The van der Waals surface area contributed by atoms with Crippen molar-refractivity contribution < 1.29 is 0 Å². The number of fused-ring (bicyclic) bond motifs is 1. The molecule has 0 atom stereocenters. The first-order valence-electron chi connectivity index (χ1n) is 6.60. The number of nitrogens with zero attached hydrogens (tertiary/aromatic N) is 2. The van der Waals surface area contributed by atoms with Gasteiger partial charge in [-0.3, -0.25) is 0 Å². The van der Waals surface area contributed by atoms with Crippen molar-refractivity contribution in [3.05, 3.63) is 66.1 Å². The Morgan fingerprint density at radius 2 is 1.95 bits per heavy atom. The lowest BCUT2D eigenvalue weighted by atomic mass is 10.1. The van der Waals surface area contributed by atoms with Gasteiger partial charge in [0, 0.05) is 18.1 Å². The van der Waals surface area contributed by atoms with Crippen LogP contribution in [0.3, 0.4) is 0 Å². The second-order valence-electron chi connectivity index (χ2n) is 4.60. The van der Waals surface area contributed by atoms with Crippen molar-refractivity contribution in [2.24, 2.45) is 0 Å². The summed E-state index contributed by atoms with van der Waals surface area (Å²) in [6.45, 7) is 2.91. The van der Waals surface area contributed by atoms with Gasteiger partial charge in [-0.05, 0) is 36.2 Å². The van der Waals surface area contributed by atoms with E-state index in [4.69, 9.17) is 0 Å². The van der Waals surface area contributed by atoms with Gasteiger partial charge in [-0.2, -0.15) is 0 Å². The largest absolute Gasteiger partial charge is 0.379 e. The van der Waals surface area contributed by atoms with Gasteiger partial charge in [-0.1, -0.05) is 25.1 Å². The second kappa shape index (κ2) is 5.14. The van der Waals surface area contributed by atoms with Gasteiger partial charge in [0.25, 0.3) is 0 Å². The zero-order valence-corrected chi connectivity index (χ0v) is 11.0. The predicted octanol–water partition coefficient (Wildman–Crippen LogP) is 3.51. The standard InChI is InChI=1S/C16H17N3/c1-2-13-6-8-14(9-7-13)17-11-15-12-19-10-4-3-5-16(19)18-15/h3-10,12,17H,2,11H2,1H3. The molecule has 3 nitrogen and oxygen atoms in total. The van der Waals surface area contributed by atoms with Crippen LogP contribution in [-0.2, 0) is 13.0 Å². The number of nitrogens with one attached hydrogen (secondary N) is 1. The van der Waals surface area contributed by atoms with E-state index in [1.54, 1.807) is 0 Å². The molecule has 0 bridgehead atoms. The molecule has 2 aromatic heterocycles. The maximum atomic E-state index is 4.56. The molecule has 0 radical (unpaired) electrons. The molecule has 3 aromatic rings. The number of anilines is 1. The number of hydrogen-bond acceptors (Lipinski definition) is 2. The minimum Gasteiger partial charge on any atom is -0.379 e. The first-order chi connectivity index (χ1) is 9.35. The van der Waals surface area contributed by atoms with E-state index >= 15 is 0 Å². The van der Waals surface area contributed by atoms with E-state index in [2.05, 4.69) is 47.7 Å². The number of aromatic nitrogens is 2. The van der Waals surface area contributed by atoms with Crippen LogP contribution < -0.4 is 5.32 Å². The minimum absolute atomic E-state index is 0.743. The highest BCUT2D eigenvalue weighted by atomic mass is 15.0.